The molecule has 2 heterocycles. The van der Waals surface area contributed by atoms with Gasteiger partial charge in [0.15, 0.2) is 0 Å². The van der Waals surface area contributed by atoms with Crippen molar-refractivity contribution >= 4 is 30.1 Å². The Balaban J connectivity index is 0.00000225. The second-order valence-electron chi connectivity index (χ2n) is 6.75. The van der Waals surface area contributed by atoms with Crippen LogP contribution in [0.25, 0.3) is 0 Å². The van der Waals surface area contributed by atoms with Crippen LogP contribution in [0.15, 0.2) is 30.3 Å². The molecule has 3 rings (SSSR count). The van der Waals surface area contributed by atoms with Gasteiger partial charge in [-0.3, -0.25) is 4.79 Å². The van der Waals surface area contributed by atoms with Crippen molar-refractivity contribution in [1.29, 1.82) is 0 Å². The summed E-state index contributed by atoms with van der Waals surface area (Å²) in [5, 5.41) is 3.32. The van der Waals surface area contributed by atoms with E-state index in [2.05, 4.69) is 45.4 Å². The molecule has 1 atom stereocenters. The van der Waals surface area contributed by atoms with Gasteiger partial charge in [-0.1, -0.05) is 30.3 Å². The van der Waals surface area contributed by atoms with E-state index in [1.165, 1.54) is 5.56 Å². The van der Waals surface area contributed by atoms with Crippen molar-refractivity contribution in [3.8, 4) is 0 Å². The third-order valence-corrected chi connectivity index (χ3v) is 5.96. The van der Waals surface area contributed by atoms with Gasteiger partial charge in [0.2, 0.25) is 5.91 Å². The van der Waals surface area contributed by atoms with Crippen molar-refractivity contribution < 1.29 is 4.79 Å². The molecule has 2 fully saturated rings. The van der Waals surface area contributed by atoms with Crippen molar-refractivity contribution in [2.45, 2.75) is 18.6 Å². The Labute approximate surface area is 162 Å². The van der Waals surface area contributed by atoms with Gasteiger partial charge in [0.25, 0.3) is 0 Å². The Morgan fingerprint density at radius 3 is 2.68 bits per heavy atom. The number of hydrogen-bond acceptors (Lipinski definition) is 4. The number of hydrogen-bond donors (Lipinski definition) is 1. The molecule has 1 amide bonds. The van der Waals surface area contributed by atoms with Crippen LogP contribution < -0.4 is 5.32 Å². The molecular formula is C19H30ClN3OS. The summed E-state index contributed by atoms with van der Waals surface area (Å²) < 4.78 is 0. The summed E-state index contributed by atoms with van der Waals surface area (Å²) in [7, 11) is 0. The van der Waals surface area contributed by atoms with Crippen molar-refractivity contribution in [2.24, 2.45) is 5.92 Å². The molecule has 0 aromatic heterocycles. The fraction of sp³-hybridized carbons (Fsp3) is 0.632. The molecule has 0 saturated carbocycles. The lowest BCUT2D eigenvalue weighted by atomic mass is 9.96. The van der Waals surface area contributed by atoms with Gasteiger partial charge in [0.1, 0.15) is 0 Å². The molecular weight excluding hydrogens is 354 g/mol. The number of halogens is 1. The first-order chi connectivity index (χ1) is 11.8. The van der Waals surface area contributed by atoms with E-state index in [0.29, 0.717) is 5.91 Å². The van der Waals surface area contributed by atoms with Gasteiger partial charge in [0, 0.05) is 50.8 Å². The van der Waals surface area contributed by atoms with Gasteiger partial charge in [0.05, 0.1) is 5.92 Å². The normalized spacial score (nSPS) is 21.6. The van der Waals surface area contributed by atoms with E-state index < -0.39 is 0 Å². The molecule has 6 heteroatoms. The Bertz CT molecular complexity index is 511. The van der Waals surface area contributed by atoms with E-state index >= 15 is 0 Å². The minimum atomic E-state index is 0. The summed E-state index contributed by atoms with van der Waals surface area (Å²) >= 11 is 1.99. The highest BCUT2D eigenvalue weighted by Crippen LogP contribution is 2.20. The summed E-state index contributed by atoms with van der Waals surface area (Å²) in [4.78, 5) is 17.2. The molecule has 1 aromatic carbocycles. The second kappa shape index (κ2) is 11.1. The molecule has 1 N–H and O–H groups in total. The Kier molecular flexibility index (Phi) is 9.10. The average Bonchev–Trinajstić information content (AvgIpc) is 2.66. The van der Waals surface area contributed by atoms with Gasteiger partial charge in [-0.05, 0) is 24.9 Å². The SMILES string of the molecule is Cl.O=C(C1CCCN(CCSCc2ccccc2)C1)N1CCNCC1. The van der Waals surface area contributed by atoms with Crippen molar-refractivity contribution in [1.82, 2.24) is 15.1 Å². The summed E-state index contributed by atoms with van der Waals surface area (Å²) in [5.41, 5.74) is 1.40. The number of thioether (sulfide) groups is 1. The topological polar surface area (TPSA) is 35.6 Å². The lowest BCUT2D eigenvalue weighted by Crippen LogP contribution is -2.51. The van der Waals surface area contributed by atoms with Crippen LogP contribution in [-0.4, -0.2) is 67.3 Å². The molecule has 1 aromatic rings. The van der Waals surface area contributed by atoms with Crippen LogP contribution >= 0.6 is 24.2 Å². The van der Waals surface area contributed by atoms with Crippen LogP contribution in [-0.2, 0) is 10.5 Å². The monoisotopic (exact) mass is 383 g/mol. The number of piperidine rings is 1. The summed E-state index contributed by atoms with van der Waals surface area (Å²) in [6.45, 7) is 6.84. The highest BCUT2D eigenvalue weighted by molar-refractivity contribution is 7.98. The maximum atomic E-state index is 12.7. The second-order valence-corrected chi connectivity index (χ2v) is 7.86. The van der Waals surface area contributed by atoms with E-state index in [9.17, 15) is 4.79 Å². The first-order valence-electron chi connectivity index (χ1n) is 9.16. The fourth-order valence-electron chi connectivity index (χ4n) is 3.56. The summed E-state index contributed by atoms with van der Waals surface area (Å²) in [6, 6.07) is 10.7. The minimum absolute atomic E-state index is 0. The van der Waals surface area contributed by atoms with E-state index in [1.807, 2.05) is 11.8 Å². The van der Waals surface area contributed by atoms with Crippen molar-refractivity contribution in [2.75, 3.05) is 51.6 Å². The van der Waals surface area contributed by atoms with Gasteiger partial charge in [-0.25, -0.2) is 0 Å². The first kappa shape index (κ1) is 20.6. The van der Waals surface area contributed by atoms with E-state index in [4.69, 9.17) is 0 Å². The Morgan fingerprint density at radius 2 is 1.92 bits per heavy atom. The molecule has 0 radical (unpaired) electrons. The number of rotatable bonds is 6. The predicted molar refractivity (Wildman–Crippen MR) is 108 cm³/mol. The lowest BCUT2D eigenvalue weighted by Gasteiger charge is -2.36. The molecule has 25 heavy (non-hydrogen) atoms. The van der Waals surface area contributed by atoms with Gasteiger partial charge >= 0.3 is 0 Å². The third-order valence-electron chi connectivity index (χ3n) is 4.95. The summed E-state index contributed by atoms with van der Waals surface area (Å²) in [6.07, 6.45) is 2.22. The van der Waals surface area contributed by atoms with Crippen molar-refractivity contribution in [3.63, 3.8) is 0 Å². The standard InChI is InChI=1S/C19H29N3OS.ClH/c23-19(22-11-8-20-9-12-22)18-7-4-10-21(15-18)13-14-24-16-17-5-2-1-3-6-17;/h1-3,5-6,18,20H,4,7-16H2;1H. The number of nitrogens with zero attached hydrogens (tertiary/aromatic N) is 2. The average molecular weight is 384 g/mol. The Hall–Kier alpha value is -0.750. The number of benzene rings is 1. The highest BCUT2D eigenvalue weighted by Gasteiger charge is 2.29. The zero-order chi connectivity index (χ0) is 16.6. The largest absolute Gasteiger partial charge is 0.340 e. The van der Waals surface area contributed by atoms with Crippen LogP contribution in [0.1, 0.15) is 18.4 Å². The quantitative estimate of drug-likeness (QED) is 0.765. The van der Waals surface area contributed by atoms with Gasteiger partial charge in [-0.15, -0.1) is 12.4 Å². The number of carbonyl (C=O) groups is 1. The molecule has 0 spiro atoms. The van der Waals surface area contributed by atoms with E-state index in [1.54, 1.807) is 0 Å². The molecule has 2 aliphatic rings. The van der Waals surface area contributed by atoms with Crippen molar-refractivity contribution in [3.05, 3.63) is 35.9 Å². The van der Waals surface area contributed by atoms with Gasteiger partial charge < -0.3 is 15.1 Å². The molecule has 2 aliphatic heterocycles. The number of amides is 1. The maximum absolute atomic E-state index is 12.7. The smallest absolute Gasteiger partial charge is 0.227 e. The third kappa shape index (κ3) is 6.48. The van der Waals surface area contributed by atoms with Gasteiger partial charge in [-0.2, -0.15) is 11.8 Å². The van der Waals surface area contributed by atoms with Crippen LogP contribution in [0.2, 0.25) is 0 Å². The highest BCUT2D eigenvalue weighted by atomic mass is 35.5. The predicted octanol–water partition coefficient (Wildman–Crippen LogP) is 2.49. The molecule has 2 saturated heterocycles. The molecule has 0 aliphatic carbocycles. The number of piperazine rings is 1. The van der Waals surface area contributed by atoms with E-state index in [0.717, 1.165) is 70.2 Å². The fourth-order valence-corrected chi connectivity index (χ4v) is 4.52. The zero-order valence-corrected chi connectivity index (χ0v) is 16.5. The zero-order valence-electron chi connectivity index (χ0n) is 14.9. The number of nitrogens with one attached hydrogen (secondary N) is 1. The maximum Gasteiger partial charge on any atom is 0.227 e. The van der Waals surface area contributed by atoms with Crippen LogP contribution in [0.4, 0.5) is 0 Å². The number of likely N-dealkylation sites (tertiary alicyclic amines) is 1. The molecule has 0 bridgehead atoms. The summed E-state index contributed by atoms with van der Waals surface area (Å²) in [5.74, 6) is 2.83. The van der Waals surface area contributed by atoms with Crippen LogP contribution in [0, 0.1) is 5.92 Å². The number of carbonyl (C=O) groups excluding carboxylic acids is 1. The Morgan fingerprint density at radius 1 is 1.16 bits per heavy atom. The first-order valence-corrected chi connectivity index (χ1v) is 10.3. The molecule has 4 nitrogen and oxygen atoms in total. The van der Waals surface area contributed by atoms with Crippen LogP contribution in [0.5, 0.6) is 0 Å². The molecule has 1 unspecified atom stereocenters. The lowest BCUT2D eigenvalue weighted by molar-refractivity contribution is -0.137. The van der Waals surface area contributed by atoms with E-state index in [-0.39, 0.29) is 18.3 Å². The minimum Gasteiger partial charge on any atom is -0.340 e. The van der Waals surface area contributed by atoms with Crippen LogP contribution in [0.3, 0.4) is 0 Å². The molecule has 140 valence electrons.